The molecule has 1 aliphatic rings. The summed E-state index contributed by atoms with van der Waals surface area (Å²) in [6.45, 7) is 4.19. The zero-order chi connectivity index (χ0) is 21.3. The van der Waals surface area contributed by atoms with Crippen LogP contribution in [0, 0.1) is 0 Å². The molecule has 1 fully saturated rings. The number of rotatable bonds is 9. The van der Waals surface area contributed by atoms with Gasteiger partial charge in [0.25, 0.3) is 0 Å². The third kappa shape index (κ3) is 7.74. The molecule has 2 aromatic rings. The fourth-order valence-corrected chi connectivity index (χ4v) is 4.21. The molecule has 1 aromatic carbocycles. The van der Waals surface area contributed by atoms with Gasteiger partial charge in [0.15, 0.2) is 5.96 Å². The number of hydrogen-bond donors (Lipinski definition) is 2. The van der Waals surface area contributed by atoms with Gasteiger partial charge in [-0.05, 0) is 31.9 Å². The lowest BCUT2D eigenvalue weighted by Gasteiger charge is -2.22. The minimum absolute atomic E-state index is 0. The zero-order valence-electron chi connectivity index (χ0n) is 17.8. The van der Waals surface area contributed by atoms with Crippen molar-refractivity contribution in [1.29, 1.82) is 0 Å². The molecule has 0 aliphatic carbocycles. The highest BCUT2D eigenvalue weighted by molar-refractivity contribution is 14.0. The van der Waals surface area contributed by atoms with Crippen molar-refractivity contribution in [3.05, 3.63) is 40.3 Å². The molecule has 0 amide bonds. The van der Waals surface area contributed by atoms with E-state index in [9.17, 15) is 8.78 Å². The smallest absolute Gasteiger partial charge is 0.387 e. The van der Waals surface area contributed by atoms with E-state index in [1.165, 1.54) is 0 Å². The molecule has 31 heavy (non-hydrogen) atoms. The number of hydrogen-bond acceptors (Lipinski definition) is 5. The number of alkyl halides is 2. The summed E-state index contributed by atoms with van der Waals surface area (Å²) in [6, 6.07) is 7.11. The molecule has 10 heteroatoms. The summed E-state index contributed by atoms with van der Waals surface area (Å²) in [6.07, 6.45) is 2.66. The summed E-state index contributed by atoms with van der Waals surface area (Å²) < 4.78 is 30.1. The highest BCUT2D eigenvalue weighted by Gasteiger charge is 2.26. The van der Waals surface area contributed by atoms with Crippen molar-refractivity contribution in [3.63, 3.8) is 0 Å². The predicted octanol–water partition coefficient (Wildman–Crippen LogP) is 4.30. The number of guanidine groups is 1. The number of aromatic nitrogens is 1. The van der Waals surface area contributed by atoms with Crippen LogP contribution in [0.25, 0.3) is 0 Å². The molecule has 2 N–H and O–H groups in total. The van der Waals surface area contributed by atoms with E-state index >= 15 is 0 Å². The monoisotopic (exact) mass is 565 g/mol. The molecule has 1 saturated heterocycles. The van der Waals surface area contributed by atoms with Crippen LogP contribution in [-0.4, -0.2) is 49.8 Å². The van der Waals surface area contributed by atoms with Gasteiger partial charge in [0.1, 0.15) is 5.75 Å². The lowest BCUT2D eigenvalue weighted by atomic mass is 10.2. The number of aliphatic imine (C=N–C) groups is 1. The Hall–Kier alpha value is -1.69. The van der Waals surface area contributed by atoms with Crippen molar-refractivity contribution in [1.82, 2.24) is 15.6 Å². The standard InChI is InChI=1S/C21H29F2N5OS.HI/c1-3-19-26-16(14-30-19)9-11-25-21(24-4-2)27-15-10-12-28(13-15)17-7-5-6-8-18(17)29-20(22)23;/h5-8,14-15,20H,3-4,9-13H2,1-2H3,(H2,24,25,27);1H. The van der Waals surface area contributed by atoms with Crippen LogP contribution in [0.4, 0.5) is 14.5 Å². The maximum atomic E-state index is 12.7. The van der Waals surface area contributed by atoms with Crippen LogP contribution in [-0.2, 0) is 12.8 Å². The highest BCUT2D eigenvalue weighted by Crippen LogP contribution is 2.31. The van der Waals surface area contributed by atoms with Crippen LogP contribution >= 0.6 is 35.3 Å². The van der Waals surface area contributed by atoms with Crippen LogP contribution in [0.2, 0.25) is 0 Å². The Kier molecular flexibility index (Phi) is 10.7. The molecular weight excluding hydrogens is 535 g/mol. The number of benzene rings is 1. The molecule has 172 valence electrons. The Morgan fingerprint density at radius 3 is 2.87 bits per heavy atom. The first-order valence-corrected chi connectivity index (χ1v) is 11.2. The second-order valence-corrected chi connectivity index (χ2v) is 7.96. The minimum Gasteiger partial charge on any atom is -0.433 e. The number of para-hydroxylation sites is 2. The van der Waals surface area contributed by atoms with Crippen molar-refractivity contribution < 1.29 is 13.5 Å². The van der Waals surface area contributed by atoms with Crippen molar-refractivity contribution in [3.8, 4) is 5.75 Å². The molecule has 0 radical (unpaired) electrons. The first-order valence-electron chi connectivity index (χ1n) is 10.4. The maximum Gasteiger partial charge on any atom is 0.387 e. The number of nitrogens with one attached hydrogen (secondary N) is 2. The van der Waals surface area contributed by atoms with E-state index in [0.29, 0.717) is 18.8 Å². The average Bonchev–Trinajstić information content (AvgIpc) is 3.37. The van der Waals surface area contributed by atoms with Gasteiger partial charge < -0.3 is 20.3 Å². The maximum absolute atomic E-state index is 12.7. The molecule has 3 rings (SSSR count). The number of ether oxygens (including phenoxy) is 1. The van der Waals surface area contributed by atoms with Crippen LogP contribution in [0.15, 0.2) is 34.6 Å². The largest absolute Gasteiger partial charge is 0.433 e. The molecule has 6 nitrogen and oxygen atoms in total. The molecule has 0 saturated carbocycles. The molecule has 0 bridgehead atoms. The van der Waals surface area contributed by atoms with Crippen LogP contribution in [0.5, 0.6) is 5.75 Å². The SMILES string of the molecule is CCNC(=NCCc1csc(CC)n1)NC1CCN(c2ccccc2OC(F)F)C1.I. The van der Waals surface area contributed by atoms with E-state index in [-0.39, 0.29) is 35.8 Å². The lowest BCUT2D eigenvalue weighted by Crippen LogP contribution is -2.44. The number of thiazole rings is 1. The Morgan fingerprint density at radius 1 is 1.35 bits per heavy atom. The Balaban J connectivity index is 0.00000341. The highest BCUT2D eigenvalue weighted by atomic mass is 127. The van der Waals surface area contributed by atoms with Crippen LogP contribution in [0.1, 0.15) is 31.0 Å². The summed E-state index contributed by atoms with van der Waals surface area (Å²) in [5.41, 5.74) is 1.78. The third-order valence-corrected chi connectivity index (χ3v) is 5.88. The number of nitrogens with zero attached hydrogens (tertiary/aromatic N) is 3. The normalized spacial score (nSPS) is 16.4. The summed E-state index contributed by atoms with van der Waals surface area (Å²) >= 11 is 1.69. The predicted molar refractivity (Wildman–Crippen MR) is 133 cm³/mol. The first-order chi connectivity index (χ1) is 14.6. The van der Waals surface area contributed by atoms with Gasteiger partial charge in [-0.2, -0.15) is 8.78 Å². The summed E-state index contributed by atoms with van der Waals surface area (Å²) in [4.78, 5) is 11.3. The van der Waals surface area contributed by atoms with Crippen LogP contribution in [0.3, 0.4) is 0 Å². The van der Waals surface area contributed by atoms with E-state index in [2.05, 4.69) is 42.6 Å². The molecule has 1 aliphatic heterocycles. The minimum atomic E-state index is -2.83. The lowest BCUT2D eigenvalue weighted by molar-refractivity contribution is -0.0495. The van der Waals surface area contributed by atoms with Crippen molar-refractivity contribution >= 4 is 47.0 Å². The van der Waals surface area contributed by atoms with Gasteiger partial charge in [0.2, 0.25) is 0 Å². The zero-order valence-corrected chi connectivity index (χ0v) is 21.0. The topological polar surface area (TPSA) is 61.8 Å². The number of aryl methyl sites for hydroxylation is 1. The molecule has 1 aromatic heterocycles. The summed E-state index contributed by atoms with van der Waals surface area (Å²) in [5, 5.41) is 10.0. The van der Waals surface area contributed by atoms with Gasteiger partial charge >= 0.3 is 6.61 Å². The van der Waals surface area contributed by atoms with Crippen molar-refractivity contribution in [2.45, 2.75) is 45.8 Å². The van der Waals surface area contributed by atoms with Gasteiger partial charge in [-0.1, -0.05) is 19.1 Å². The van der Waals surface area contributed by atoms with Gasteiger partial charge in [-0.15, -0.1) is 35.3 Å². The fourth-order valence-electron chi connectivity index (χ4n) is 3.43. The van der Waals surface area contributed by atoms with Gasteiger partial charge in [0.05, 0.1) is 16.4 Å². The first kappa shape index (κ1) is 25.6. The van der Waals surface area contributed by atoms with E-state index < -0.39 is 6.61 Å². The average molecular weight is 565 g/mol. The summed E-state index contributed by atoms with van der Waals surface area (Å²) in [7, 11) is 0. The fraction of sp³-hybridized carbons (Fsp3) is 0.524. The second kappa shape index (κ2) is 13.0. The quantitative estimate of drug-likeness (QED) is 0.270. The number of anilines is 1. The second-order valence-electron chi connectivity index (χ2n) is 7.02. The Labute approximate surface area is 203 Å². The molecule has 1 unspecified atom stereocenters. The Bertz CT molecular complexity index is 836. The molecule has 2 heterocycles. The van der Waals surface area contributed by atoms with E-state index in [1.54, 1.807) is 23.5 Å². The van der Waals surface area contributed by atoms with Gasteiger partial charge in [-0.25, -0.2) is 4.98 Å². The van der Waals surface area contributed by atoms with E-state index in [4.69, 9.17) is 0 Å². The van der Waals surface area contributed by atoms with E-state index in [1.807, 2.05) is 19.1 Å². The molecule has 1 atom stereocenters. The van der Waals surface area contributed by atoms with E-state index in [0.717, 1.165) is 49.0 Å². The molecule has 0 spiro atoms. The van der Waals surface area contributed by atoms with Crippen molar-refractivity contribution in [2.24, 2.45) is 4.99 Å². The Morgan fingerprint density at radius 2 is 2.16 bits per heavy atom. The number of halogens is 3. The van der Waals surface area contributed by atoms with Gasteiger partial charge in [-0.3, -0.25) is 4.99 Å². The van der Waals surface area contributed by atoms with Crippen LogP contribution < -0.4 is 20.3 Å². The van der Waals surface area contributed by atoms with Crippen molar-refractivity contribution in [2.75, 3.05) is 31.1 Å². The molecular formula is C21H30F2IN5OS. The van der Waals surface area contributed by atoms with Gasteiger partial charge in [0, 0.05) is 44.0 Å². The summed E-state index contributed by atoms with van der Waals surface area (Å²) in [5.74, 6) is 0.982. The third-order valence-electron chi connectivity index (χ3n) is 4.83.